The van der Waals surface area contributed by atoms with Crippen molar-refractivity contribution < 1.29 is 13.9 Å². The van der Waals surface area contributed by atoms with Crippen molar-refractivity contribution in [1.29, 1.82) is 0 Å². The third kappa shape index (κ3) is 2.27. The Labute approximate surface area is 138 Å². The summed E-state index contributed by atoms with van der Waals surface area (Å²) in [5.41, 5.74) is 10.0. The Hall–Kier alpha value is -2.41. The molecular weight excluding hydrogens is 311 g/mol. The molecule has 2 aliphatic rings. The van der Waals surface area contributed by atoms with E-state index in [0.29, 0.717) is 44.0 Å². The van der Waals surface area contributed by atoms with E-state index in [1.165, 1.54) is 16.8 Å². The number of hydrogen-bond donors (Lipinski definition) is 2. The molecule has 126 valence electrons. The Kier molecular flexibility index (Phi) is 3.53. The second-order valence-corrected chi connectivity index (χ2v) is 6.32. The van der Waals surface area contributed by atoms with Crippen molar-refractivity contribution in [3.8, 4) is 0 Å². The lowest BCUT2D eigenvalue weighted by molar-refractivity contribution is 0.0858. The van der Waals surface area contributed by atoms with Crippen LogP contribution in [0.2, 0.25) is 0 Å². The quantitative estimate of drug-likeness (QED) is 0.838. The molecule has 0 aliphatic carbocycles. The summed E-state index contributed by atoms with van der Waals surface area (Å²) in [6, 6.07) is 2.90. The number of aromatic nitrogens is 2. The van der Waals surface area contributed by atoms with E-state index in [-0.39, 0.29) is 11.7 Å². The average molecular weight is 330 g/mol. The normalized spacial score (nSPS) is 19.3. The number of anilines is 2. The number of nitrogens with two attached hydrogens (primary N) is 1. The molecule has 0 unspecified atom stereocenters. The second kappa shape index (κ2) is 5.59. The molecule has 0 amide bonds. The van der Waals surface area contributed by atoms with E-state index >= 15 is 0 Å². The van der Waals surface area contributed by atoms with Gasteiger partial charge >= 0.3 is 0 Å². The number of rotatable bonds is 1. The summed E-state index contributed by atoms with van der Waals surface area (Å²) in [6.45, 7) is 3.45. The molecule has 0 bridgehead atoms. The van der Waals surface area contributed by atoms with Crippen LogP contribution in [0.4, 0.5) is 15.9 Å². The number of ether oxygens (including phenoxy) is 1. The highest BCUT2D eigenvalue weighted by molar-refractivity contribution is 5.90. The van der Waals surface area contributed by atoms with Crippen LogP contribution in [0.25, 0.3) is 0 Å². The van der Waals surface area contributed by atoms with E-state index in [0.717, 1.165) is 22.5 Å². The molecule has 0 saturated heterocycles. The summed E-state index contributed by atoms with van der Waals surface area (Å²) in [4.78, 5) is 13.1. The first-order chi connectivity index (χ1) is 11.6. The van der Waals surface area contributed by atoms with E-state index in [2.05, 4.69) is 10.4 Å². The van der Waals surface area contributed by atoms with Gasteiger partial charge in [-0.1, -0.05) is 0 Å². The molecule has 7 heteroatoms. The number of fused-ring (bicyclic) bond motifs is 2. The Bertz CT molecular complexity index is 830. The number of carbonyl (C=O) groups excluding carboxylic acids is 1. The van der Waals surface area contributed by atoms with Crippen molar-refractivity contribution in [2.75, 3.05) is 24.2 Å². The van der Waals surface area contributed by atoms with Crippen LogP contribution in [0.5, 0.6) is 0 Å². The maximum Gasteiger partial charge on any atom is 0.256 e. The summed E-state index contributed by atoms with van der Waals surface area (Å²) in [7, 11) is 0. The lowest BCUT2D eigenvalue weighted by Crippen LogP contribution is -2.29. The van der Waals surface area contributed by atoms with Gasteiger partial charge < -0.3 is 15.8 Å². The Morgan fingerprint density at radius 3 is 3.12 bits per heavy atom. The van der Waals surface area contributed by atoms with Gasteiger partial charge in [0.2, 0.25) is 0 Å². The third-order valence-corrected chi connectivity index (χ3v) is 4.78. The molecule has 1 aromatic carbocycles. The van der Waals surface area contributed by atoms with Crippen LogP contribution in [-0.4, -0.2) is 28.8 Å². The van der Waals surface area contributed by atoms with Gasteiger partial charge in [-0.15, -0.1) is 0 Å². The van der Waals surface area contributed by atoms with Gasteiger partial charge in [0.05, 0.1) is 24.8 Å². The highest BCUT2D eigenvalue weighted by atomic mass is 19.1. The molecular formula is C17H19FN4O2. The van der Waals surface area contributed by atoms with E-state index in [1.54, 1.807) is 0 Å². The zero-order valence-electron chi connectivity index (χ0n) is 13.4. The van der Waals surface area contributed by atoms with Crippen LogP contribution in [-0.2, 0) is 17.8 Å². The molecule has 2 aliphatic heterocycles. The van der Waals surface area contributed by atoms with E-state index in [9.17, 15) is 9.18 Å². The van der Waals surface area contributed by atoms with Crippen LogP contribution < -0.4 is 11.1 Å². The molecule has 0 spiro atoms. The molecule has 6 nitrogen and oxygen atoms in total. The largest absolute Gasteiger partial charge is 0.385 e. The van der Waals surface area contributed by atoms with E-state index in [1.807, 2.05) is 6.92 Å². The fourth-order valence-corrected chi connectivity index (χ4v) is 3.57. The molecule has 1 aromatic heterocycles. The highest BCUT2D eigenvalue weighted by Crippen LogP contribution is 2.36. The molecule has 3 heterocycles. The van der Waals surface area contributed by atoms with Gasteiger partial charge in [-0.2, -0.15) is 9.78 Å². The number of carbonyl (C=O) groups is 1. The fourth-order valence-electron chi connectivity index (χ4n) is 3.57. The lowest BCUT2D eigenvalue weighted by atomic mass is 9.88. The molecule has 3 N–H and O–H groups in total. The van der Waals surface area contributed by atoms with Crippen molar-refractivity contribution in [2.24, 2.45) is 0 Å². The monoisotopic (exact) mass is 330 g/mol. The number of nitrogens with zero attached hydrogens (tertiary/aromatic N) is 2. The first-order valence-electron chi connectivity index (χ1n) is 8.08. The summed E-state index contributed by atoms with van der Waals surface area (Å²) in [5, 5.41) is 7.65. The molecule has 0 radical (unpaired) electrons. The van der Waals surface area contributed by atoms with Crippen LogP contribution in [0.1, 0.15) is 39.5 Å². The van der Waals surface area contributed by atoms with Crippen LogP contribution in [0.15, 0.2) is 12.1 Å². The zero-order chi connectivity index (χ0) is 16.8. The van der Waals surface area contributed by atoms with E-state index in [4.69, 9.17) is 10.5 Å². The molecule has 0 saturated carbocycles. The number of aryl methyl sites for hydroxylation is 1. The maximum atomic E-state index is 13.9. The topological polar surface area (TPSA) is 82.2 Å². The number of hydrogen-bond acceptors (Lipinski definition) is 5. The van der Waals surface area contributed by atoms with Gasteiger partial charge in [-0.3, -0.25) is 4.79 Å². The summed E-state index contributed by atoms with van der Waals surface area (Å²) in [5.74, 6) is -0.674. The predicted molar refractivity (Wildman–Crippen MR) is 87.6 cm³/mol. The van der Waals surface area contributed by atoms with Gasteiger partial charge in [-0.25, -0.2) is 4.39 Å². The number of halogens is 1. The van der Waals surface area contributed by atoms with Gasteiger partial charge in [0.1, 0.15) is 11.6 Å². The predicted octanol–water partition coefficient (Wildman–Crippen LogP) is 2.23. The Morgan fingerprint density at radius 1 is 1.50 bits per heavy atom. The minimum atomic E-state index is -0.458. The maximum absolute atomic E-state index is 13.9. The van der Waals surface area contributed by atoms with Gasteiger partial charge in [-0.05, 0) is 36.6 Å². The SMILES string of the molecule is Cc1cc(F)cc2c1NCC[C@H]2C(=O)n1nc2c(c1N)COCC2. The highest BCUT2D eigenvalue weighted by Gasteiger charge is 2.32. The second-order valence-electron chi connectivity index (χ2n) is 6.32. The molecule has 4 rings (SSSR count). The Balaban J connectivity index is 1.76. The molecule has 24 heavy (non-hydrogen) atoms. The van der Waals surface area contributed by atoms with E-state index < -0.39 is 5.92 Å². The lowest BCUT2D eigenvalue weighted by Gasteiger charge is -2.27. The van der Waals surface area contributed by atoms with Crippen molar-refractivity contribution in [3.05, 3.63) is 40.3 Å². The number of benzene rings is 1. The third-order valence-electron chi connectivity index (χ3n) is 4.78. The van der Waals surface area contributed by atoms with Crippen molar-refractivity contribution in [1.82, 2.24) is 9.78 Å². The Morgan fingerprint density at radius 2 is 2.33 bits per heavy atom. The van der Waals surface area contributed by atoms with Crippen molar-refractivity contribution in [3.63, 3.8) is 0 Å². The standard InChI is InChI=1S/C17H19FN4O2/c1-9-6-10(18)7-12-11(2-4-20-15(9)12)17(23)22-16(19)13-8-24-5-3-14(13)21-22/h6-7,11,20H,2-5,8,19H2,1H3/t11-/m1/s1. The van der Waals surface area contributed by atoms with Crippen LogP contribution >= 0.6 is 0 Å². The first kappa shape index (κ1) is 15.1. The van der Waals surface area contributed by atoms with Crippen molar-refractivity contribution >= 4 is 17.4 Å². The molecule has 2 aromatic rings. The molecule has 0 fully saturated rings. The minimum Gasteiger partial charge on any atom is -0.385 e. The summed E-state index contributed by atoms with van der Waals surface area (Å²) < 4.78 is 20.5. The number of nitrogen functional groups attached to an aromatic ring is 1. The zero-order valence-corrected chi connectivity index (χ0v) is 13.4. The summed E-state index contributed by atoms with van der Waals surface area (Å²) >= 11 is 0. The molecule has 1 atom stereocenters. The minimum absolute atomic E-state index is 0.213. The van der Waals surface area contributed by atoms with Crippen LogP contribution in [0, 0.1) is 12.7 Å². The van der Waals surface area contributed by atoms with Crippen LogP contribution in [0.3, 0.4) is 0 Å². The van der Waals surface area contributed by atoms with Gasteiger partial charge in [0.25, 0.3) is 5.91 Å². The first-order valence-corrected chi connectivity index (χ1v) is 8.08. The summed E-state index contributed by atoms with van der Waals surface area (Å²) in [6.07, 6.45) is 1.23. The van der Waals surface area contributed by atoms with Crippen molar-refractivity contribution in [2.45, 2.75) is 32.3 Å². The average Bonchev–Trinajstić information content (AvgIpc) is 2.91. The fraction of sp³-hybridized carbons (Fsp3) is 0.412. The smallest absolute Gasteiger partial charge is 0.256 e. The van der Waals surface area contributed by atoms with Gasteiger partial charge in [0, 0.05) is 24.2 Å². The van der Waals surface area contributed by atoms with Gasteiger partial charge in [0.15, 0.2) is 0 Å². The number of nitrogens with one attached hydrogen (secondary N) is 1.